The van der Waals surface area contributed by atoms with Crippen LogP contribution in [-0.2, 0) is 22.6 Å². The highest BCUT2D eigenvalue weighted by atomic mass is 16.5. The summed E-state index contributed by atoms with van der Waals surface area (Å²) in [4.78, 5) is 6.64. The van der Waals surface area contributed by atoms with Gasteiger partial charge in [0.05, 0.1) is 18.3 Å². The van der Waals surface area contributed by atoms with Crippen LogP contribution in [0, 0.1) is 5.92 Å². The largest absolute Gasteiger partial charge is 0.381 e. The molecule has 0 N–H and O–H groups in total. The standard InChI is InChI=1S/C20H28N4O2/c1-7-21-8-2-18(1)16-26-12-6-20-15-23(13-17-4-10-25-11-5-17)14-19-3-9-22-24(19)20/h1-3,7-9,17,20H,4-6,10-16H2. The summed E-state index contributed by atoms with van der Waals surface area (Å²) in [5, 5.41) is 4.56. The van der Waals surface area contributed by atoms with Crippen LogP contribution < -0.4 is 0 Å². The molecule has 2 aliphatic rings. The van der Waals surface area contributed by atoms with E-state index in [0.717, 1.165) is 45.2 Å². The van der Waals surface area contributed by atoms with E-state index in [1.807, 2.05) is 30.7 Å². The van der Waals surface area contributed by atoms with Gasteiger partial charge < -0.3 is 9.47 Å². The number of ether oxygens (including phenoxy) is 2. The first-order chi connectivity index (χ1) is 12.9. The van der Waals surface area contributed by atoms with Crippen molar-refractivity contribution in [3.05, 3.63) is 48.0 Å². The van der Waals surface area contributed by atoms with Gasteiger partial charge in [-0.2, -0.15) is 5.10 Å². The lowest BCUT2D eigenvalue weighted by atomic mass is 9.98. The first kappa shape index (κ1) is 17.6. The zero-order valence-electron chi connectivity index (χ0n) is 15.3. The molecule has 2 aliphatic heterocycles. The Morgan fingerprint density at radius 3 is 2.81 bits per heavy atom. The minimum absolute atomic E-state index is 0.394. The van der Waals surface area contributed by atoms with Crippen molar-refractivity contribution in [1.29, 1.82) is 0 Å². The van der Waals surface area contributed by atoms with Gasteiger partial charge in [0.15, 0.2) is 0 Å². The quantitative estimate of drug-likeness (QED) is 0.714. The third-order valence-corrected chi connectivity index (χ3v) is 5.42. The Hall–Kier alpha value is -1.76. The van der Waals surface area contributed by atoms with E-state index in [1.165, 1.54) is 30.6 Å². The number of hydrogen-bond donors (Lipinski definition) is 0. The molecule has 0 aliphatic carbocycles. The van der Waals surface area contributed by atoms with Crippen molar-refractivity contribution in [2.24, 2.45) is 5.92 Å². The van der Waals surface area contributed by atoms with Crippen LogP contribution in [0.2, 0.25) is 0 Å². The second kappa shape index (κ2) is 8.75. The lowest BCUT2D eigenvalue weighted by Crippen LogP contribution is -2.41. The molecule has 4 rings (SSSR count). The van der Waals surface area contributed by atoms with E-state index in [0.29, 0.717) is 12.6 Å². The molecule has 6 nitrogen and oxygen atoms in total. The normalized spacial score (nSPS) is 21.6. The van der Waals surface area contributed by atoms with E-state index >= 15 is 0 Å². The number of hydrogen-bond acceptors (Lipinski definition) is 5. The van der Waals surface area contributed by atoms with Crippen molar-refractivity contribution < 1.29 is 9.47 Å². The van der Waals surface area contributed by atoms with E-state index in [1.54, 1.807) is 0 Å². The van der Waals surface area contributed by atoms with Crippen molar-refractivity contribution >= 4 is 0 Å². The Bertz CT molecular complexity index is 669. The van der Waals surface area contributed by atoms with Gasteiger partial charge in [0.25, 0.3) is 0 Å². The molecular weight excluding hydrogens is 328 g/mol. The lowest BCUT2D eigenvalue weighted by Gasteiger charge is -2.36. The molecule has 0 amide bonds. The number of nitrogens with zero attached hydrogens (tertiary/aromatic N) is 4. The van der Waals surface area contributed by atoms with Gasteiger partial charge in [-0.25, -0.2) is 0 Å². The van der Waals surface area contributed by atoms with Crippen molar-refractivity contribution in [2.45, 2.75) is 38.5 Å². The summed E-state index contributed by atoms with van der Waals surface area (Å²) in [6.07, 6.45) is 8.92. The van der Waals surface area contributed by atoms with Crippen molar-refractivity contribution in [3.8, 4) is 0 Å². The highest BCUT2D eigenvalue weighted by Gasteiger charge is 2.27. The second-order valence-corrected chi connectivity index (χ2v) is 7.37. The molecule has 4 heterocycles. The fourth-order valence-corrected chi connectivity index (χ4v) is 4.00. The van der Waals surface area contributed by atoms with Gasteiger partial charge in [0, 0.05) is 58.0 Å². The third kappa shape index (κ3) is 4.50. The van der Waals surface area contributed by atoms with E-state index in [9.17, 15) is 0 Å². The number of rotatable bonds is 7. The molecule has 26 heavy (non-hydrogen) atoms. The predicted molar refractivity (Wildman–Crippen MR) is 98.6 cm³/mol. The number of pyridine rings is 1. The molecule has 1 unspecified atom stereocenters. The average Bonchev–Trinajstić information content (AvgIpc) is 3.15. The lowest BCUT2D eigenvalue weighted by molar-refractivity contribution is 0.0406. The molecule has 1 saturated heterocycles. The summed E-state index contributed by atoms with van der Waals surface area (Å²) < 4.78 is 13.6. The molecule has 0 radical (unpaired) electrons. The molecule has 140 valence electrons. The Morgan fingerprint density at radius 2 is 1.96 bits per heavy atom. The molecule has 0 saturated carbocycles. The van der Waals surface area contributed by atoms with Crippen LogP contribution in [0.25, 0.3) is 0 Å². The fraction of sp³-hybridized carbons (Fsp3) is 0.600. The Morgan fingerprint density at radius 1 is 1.12 bits per heavy atom. The second-order valence-electron chi connectivity index (χ2n) is 7.37. The number of fused-ring (bicyclic) bond motifs is 1. The fourth-order valence-electron chi connectivity index (χ4n) is 4.00. The Balaban J connectivity index is 1.29. The van der Waals surface area contributed by atoms with Crippen LogP contribution in [0.3, 0.4) is 0 Å². The summed E-state index contributed by atoms with van der Waals surface area (Å²) in [6, 6.07) is 6.55. The molecule has 0 aromatic carbocycles. The van der Waals surface area contributed by atoms with Gasteiger partial charge in [-0.1, -0.05) is 0 Å². The molecule has 0 bridgehead atoms. The van der Waals surface area contributed by atoms with Crippen LogP contribution in [0.5, 0.6) is 0 Å². The maximum Gasteiger partial charge on any atom is 0.0717 e. The highest BCUT2D eigenvalue weighted by Crippen LogP contribution is 2.25. The zero-order chi connectivity index (χ0) is 17.6. The monoisotopic (exact) mass is 356 g/mol. The van der Waals surface area contributed by atoms with E-state index in [-0.39, 0.29) is 0 Å². The summed E-state index contributed by atoms with van der Waals surface area (Å²) in [7, 11) is 0. The minimum Gasteiger partial charge on any atom is -0.381 e. The molecule has 1 atom stereocenters. The molecule has 2 aromatic rings. The minimum atomic E-state index is 0.394. The molecular formula is C20H28N4O2. The van der Waals surface area contributed by atoms with Crippen molar-refractivity contribution in [2.75, 3.05) is 32.9 Å². The summed E-state index contributed by atoms with van der Waals surface area (Å²) in [5.74, 6) is 0.766. The SMILES string of the molecule is c1cc(COCCC2CN(CC3CCOCC3)Cc3ccnn32)ccn1. The maximum absolute atomic E-state index is 5.90. The summed E-state index contributed by atoms with van der Waals surface area (Å²) >= 11 is 0. The van der Waals surface area contributed by atoms with E-state index in [2.05, 4.69) is 25.7 Å². The summed E-state index contributed by atoms with van der Waals surface area (Å²) in [6.45, 7) is 6.47. The predicted octanol–water partition coefficient (Wildman–Crippen LogP) is 2.67. The van der Waals surface area contributed by atoms with Crippen molar-refractivity contribution in [1.82, 2.24) is 19.7 Å². The average molecular weight is 356 g/mol. The van der Waals surface area contributed by atoms with Crippen LogP contribution in [0.4, 0.5) is 0 Å². The van der Waals surface area contributed by atoms with Crippen LogP contribution in [-0.4, -0.2) is 52.6 Å². The van der Waals surface area contributed by atoms with E-state index in [4.69, 9.17) is 9.47 Å². The van der Waals surface area contributed by atoms with Gasteiger partial charge in [-0.15, -0.1) is 0 Å². The van der Waals surface area contributed by atoms with Gasteiger partial charge in [0.1, 0.15) is 0 Å². The maximum atomic E-state index is 5.90. The van der Waals surface area contributed by atoms with Crippen LogP contribution in [0.1, 0.15) is 36.6 Å². The molecule has 1 fully saturated rings. The first-order valence-corrected chi connectivity index (χ1v) is 9.67. The van der Waals surface area contributed by atoms with Gasteiger partial charge >= 0.3 is 0 Å². The van der Waals surface area contributed by atoms with Gasteiger partial charge in [0.2, 0.25) is 0 Å². The highest BCUT2D eigenvalue weighted by molar-refractivity contribution is 5.08. The van der Waals surface area contributed by atoms with Crippen molar-refractivity contribution in [3.63, 3.8) is 0 Å². The van der Waals surface area contributed by atoms with Crippen LogP contribution >= 0.6 is 0 Å². The zero-order valence-corrected chi connectivity index (χ0v) is 15.3. The van der Waals surface area contributed by atoms with Gasteiger partial charge in [-0.3, -0.25) is 14.6 Å². The van der Waals surface area contributed by atoms with Gasteiger partial charge in [-0.05, 0) is 48.9 Å². The Kier molecular flexibility index (Phi) is 5.94. The molecule has 2 aromatic heterocycles. The van der Waals surface area contributed by atoms with E-state index < -0.39 is 0 Å². The first-order valence-electron chi connectivity index (χ1n) is 9.67. The third-order valence-electron chi connectivity index (χ3n) is 5.42. The van der Waals surface area contributed by atoms with Crippen LogP contribution in [0.15, 0.2) is 36.8 Å². The Labute approximate surface area is 155 Å². The molecule has 6 heteroatoms. The number of aromatic nitrogens is 3. The topological polar surface area (TPSA) is 52.4 Å². The smallest absolute Gasteiger partial charge is 0.0717 e. The molecule has 0 spiro atoms. The summed E-state index contributed by atoms with van der Waals surface area (Å²) in [5.41, 5.74) is 2.49.